The summed E-state index contributed by atoms with van der Waals surface area (Å²) in [5.74, 6) is 0.717. The van der Waals surface area contributed by atoms with Gasteiger partial charge in [-0.05, 0) is 12.1 Å². The minimum atomic E-state index is -1.24. The molecule has 0 aliphatic rings. The summed E-state index contributed by atoms with van der Waals surface area (Å²) < 4.78 is 13.9. The predicted octanol–water partition coefficient (Wildman–Crippen LogP) is 2.76. The van der Waals surface area contributed by atoms with Crippen LogP contribution in [0.25, 0.3) is 11.3 Å². The van der Waals surface area contributed by atoms with E-state index in [0.717, 1.165) is 10.5 Å². The molecule has 0 bridgehead atoms. The minimum absolute atomic E-state index is 0.154. The van der Waals surface area contributed by atoms with Gasteiger partial charge in [-0.3, -0.25) is 13.6 Å². The van der Waals surface area contributed by atoms with E-state index in [1.54, 1.807) is 7.05 Å². The monoisotopic (exact) mass is 324 g/mol. The average molecular weight is 324 g/mol. The molecule has 1 atom stereocenters. The fourth-order valence-electron chi connectivity index (χ4n) is 2.25. The highest BCUT2D eigenvalue weighted by Crippen LogP contribution is 2.16. The van der Waals surface area contributed by atoms with Gasteiger partial charge >= 0.3 is 0 Å². The Morgan fingerprint density at radius 2 is 1.61 bits per heavy atom. The van der Waals surface area contributed by atoms with Crippen LogP contribution in [0.4, 0.5) is 0 Å². The second-order valence-corrected chi connectivity index (χ2v) is 6.57. The highest BCUT2D eigenvalue weighted by molar-refractivity contribution is 7.84. The van der Waals surface area contributed by atoms with Crippen molar-refractivity contribution in [3.05, 3.63) is 82.9 Å². The van der Waals surface area contributed by atoms with E-state index in [1.165, 1.54) is 10.6 Å². The lowest BCUT2D eigenvalue weighted by Gasteiger charge is -2.10. The summed E-state index contributed by atoms with van der Waals surface area (Å²) in [4.78, 5) is 17.4. The Morgan fingerprint density at radius 1 is 1.00 bits per heavy atom. The molecule has 3 rings (SSSR count). The molecule has 1 aromatic heterocycles. The number of aromatic nitrogens is 2. The Morgan fingerprint density at radius 3 is 2.26 bits per heavy atom. The molecule has 23 heavy (non-hydrogen) atoms. The van der Waals surface area contributed by atoms with E-state index in [2.05, 4.69) is 4.98 Å². The Bertz CT molecular complexity index is 890. The number of hydrogen-bond acceptors (Lipinski definition) is 3. The van der Waals surface area contributed by atoms with Crippen LogP contribution in [0.1, 0.15) is 5.82 Å². The summed E-state index contributed by atoms with van der Waals surface area (Å²) in [7, 11) is 0.415. The number of benzene rings is 2. The summed E-state index contributed by atoms with van der Waals surface area (Å²) >= 11 is 0. The van der Waals surface area contributed by atoms with Crippen LogP contribution >= 0.6 is 0 Å². The maximum absolute atomic E-state index is 12.5. The van der Waals surface area contributed by atoms with Crippen LogP contribution in [0.15, 0.2) is 76.4 Å². The van der Waals surface area contributed by atoms with Crippen LogP contribution in [0.2, 0.25) is 0 Å². The number of hydrogen-bond donors (Lipinski definition) is 0. The topological polar surface area (TPSA) is 52.0 Å². The van der Waals surface area contributed by atoms with Crippen molar-refractivity contribution < 1.29 is 4.21 Å². The van der Waals surface area contributed by atoms with Crippen LogP contribution in [0.5, 0.6) is 0 Å². The van der Waals surface area contributed by atoms with Crippen LogP contribution in [-0.4, -0.2) is 13.8 Å². The lowest BCUT2D eigenvalue weighted by atomic mass is 10.1. The molecule has 0 fully saturated rings. The van der Waals surface area contributed by atoms with E-state index in [0.29, 0.717) is 11.5 Å². The van der Waals surface area contributed by atoms with Crippen molar-refractivity contribution in [2.24, 2.45) is 7.05 Å². The van der Waals surface area contributed by atoms with E-state index < -0.39 is 10.8 Å². The fraction of sp³-hybridized carbons (Fsp3) is 0.111. The van der Waals surface area contributed by atoms with Crippen LogP contribution in [0, 0.1) is 0 Å². The summed E-state index contributed by atoms with van der Waals surface area (Å²) in [5, 5.41) is 0. The van der Waals surface area contributed by atoms with Crippen molar-refractivity contribution in [1.29, 1.82) is 0 Å². The molecule has 0 saturated carbocycles. The van der Waals surface area contributed by atoms with Crippen molar-refractivity contribution in [2.45, 2.75) is 10.6 Å². The Labute approximate surface area is 136 Å². The molecule has 116 valence electrons. The van der Waals surface area contributed by atoms with Gasteiger partial charge in [0.25, 0.3) is 5.56 Å². The number of rotatable bonds is 4. The molecule has 0 aliphatic carbocycles. The molecule has 0 radical (unpaired) electrons. The minimum Gasteiger partial charge on any atom is -0.299 e. The molecule has 0 saturated heterocycles. The molecular weight excluding hydrogens is 308 g/mol. The predicted molar refractivity (Wildman–Crippen MR) is 91.5 cm³/mol. The van der Waals surface area contributed by atoms with Gasteiger partial charge < -0.3 is 0 Å². The third kappa shape index (κ3) is 3.46. The van der Waals surface area contributed by atoms with E-state index in [4.69, 9.17) is 0 Å². The van der Waals surface area contributed by atoms with Crippen LogP contribution in [0.3, 0.4) is 0 Å². The number of nitrogens with zero attached hydrogens (tertiary/aromatic N) is 2. The molecule has 0 amide bonds. The van der Waals surface area contributed by atoms with Crippen molar-refractivity contribution in [2.75, 3.05) is 0 Å². The van der Waals surface area contributed by atoms with Gasteiger partial charge in [0, 0.05) is 23.6 Å². The first-order valence-electron chi connectivity index (χ1n) is 7.21. The quantitative estimate of drug-likeness (QED) is 0.741. The zero-order chi connectivity index (χ0) is 16.2. The first-order chi connectivity index (χ1) is 11.1. The summed E-state index contributed by atoms with van der Waals surface area (Å²) in [6, 6.07) is 20.2. The highest BCUT2D eigenvalue weighted by atomic mass is 32.2. The molecule has 0 aliphatic heterocycles. The molecular formula is C18H16N2O2S. The Kier molecular flexibility index (Phi) is 4.48. The largest absolute Gasteiger partial charge is 0.299 e. The fourth-order valence-corrected chi connectivity index (χ4v) is 3.37. The van der Waals surface area contributed by atoms with Crippen molar-refractivity contribution in [3.8, 4) is 11.3 Å². The van der Waals surface area contributed by atoms with Crippen molar-refractivity contribution in [3.63, 3.8) is 0 Å². The van der Waals surface area contributed by atoms with Gasteiger partial charge in [0.05, 0.1) is 22.2 Å². The van der Waals surface area contributed by atoms with Gasteiger partial charge in [0.2, 0.25) is 0 Å². The lowest BCUT2D eigenvalue weighted by Crippen LogP contribution is -2.22. The first-order valence-corrected chi connectivity index (χ1v) is 8.53. The normalized spacial score (nSPS) is 12.0. The van der Waals surface area contributed by atoms with Crippen LogP contribution in [-0.2, 0) is 23.6 Å². The zero-order valence-corrected chi connectivity index (χ0v) is 13.5. The third-order valence-electron chi connectivity index (χ3n) is 3.56. The summed E-state index contributed by atoms with van der Waals surface area (Å²) in [6.45, 7) is 0. The third-order valence-corrected chi connectivity index (χ3v) is 4.88. The smallest absolute Gasteiger partial charge is 0.253 e. The lowest BCUT2D eigenvalue weighted by molar-refractivity contribution is 0.677. The molecule has 4 nitrogen and oxygen atoms in total. The molecule has 0 spiro atoms. The van der Waals surface area contributed by atoms with E-state index >= 15 is 0 Å². The summed E-state index contributed by atoms with van der Waals surface area (Å²) in [5.41, 5.74) is 1.32. The summed E-state index contributed by atoms with van der Waals surface area (Å²) in [6.07, 6.45) is 0. The van der Waals surface area contributed by atoms with Gasteiger partial charge in [0.15, 0.2) is 0 Å². The molecule has 5 heteroatoms. The van der Waals surface area contributed by atoms with E-state index in [9.17, 15) is 9.00 Å². The van der Waals surface area contributed by atoms with E-state index in [-0.39, 0.29) is 11.3 Å². The highest BCUT2D eigenvalue weighted by Gasteiger charge is 2.12. The van der Waals surface area contributed by atoms with E-state index in [1.807, 2.05) is 60.7 Å². The maximum Gasteiger partial charge on any atom is 0.253 e. The molecule has 2 aromatic carbocycles. The molecule has 1 heterocycles. The Hall–Kier alpha value is -2.53. The maximum atomic E-state index is 12.5. The molecule has 1 unspecified atom stereocenters. The zero-order valence-electron chi connectivity index (χ0n) is 12.7. The van der Waals surface area contributed by atoms with Gasteiger partial charge in [0.1, 0.15) is 5.82 Å². The Balaban J connectivity index is 1.98. The standard InChI is InChI=1S/C18H16N2O2S/c1-20-17(13-23(22)15-10-6-3-7-11-15)19-16(12-18(20)21)14-8-4-2-5-9-14/h2-12H,13H2,1H3. The SMILES string of the molecule is Cn1c(CS(=O)c2ccccc2)nc(-c2ccccc2)cc1=O. The first kappa shape index (κ1) is 15.4. The van der Waals surface area contributed by atoms with Gasteiger partial charge in [-0.15, -0.1) is 0 Å². The van der Waals surface area contributed by atoms with Crippen LogP contribution < -0.4 is 5.56 Å². The second kappa shape index (κ2) is 6.71. The van der Waals surface area contributed by atoms with Gasteiger partial charge in [-0.2, -0.15) is 0 Å². The second-order valence-electron chi connectivity index (χ2n) is 5.12. The molecule has 3 aromatic rings. The van der Waals surface area contributed by atoms with Crippen molar-refractivity contribution >= 4 is 10.8 Å². The van der Waals surface area contributed by atoms with Crippen molar-refractivity contribution in [1.82, 2.24) is 9.55 Å². The average Bonchev–Trinajstić information content (AvgIpc) is 2.60. The van der Waals surface area contributed by atoms with Gasteiger partial charge in [-0.1, -0.05) is 48.5 Å². The van der Waals surface area contributed by atoms with Gasteiger partial charge in [-0.25, -0.2) is 4.98 Å². The molecule has 0 N–H and O–H groups in total.